The Morgan fingerprint density at radius 1 is 1.62 bits per heavy atom. The fraction of sp³-hybridized carbons (Fsp3) is 0.571. The Morgan fingerprint density at radius 2 is 2.23 bits per heavy atom. The van der Waals surface area contributed by atoms with Gasteiger partial charge in [0, 0.05) is 0 Å². The van der Waals surface area contributed by atoms with Gasteiger partial charge in [-0.05, 0) is 13.8 Å². The molecule has 0 saturated carbocycles. The molecule has 13 heavy (non-hydrogen) atoms. The normalized spacial score (nSPS) is 12.2. The number of rotatable bonds is 3. The summed E-state index contributed by atoms with van der Waals surface area (Å²) < 4.78 is 22.9. The van der Waals surface area contributed by atoms with Gasteiger partial charge in [-0.2, -0.15) is 0 Å². The SMILES string of the molecule is CC(C)S(=O)(=O)Cc1ncc(N)s1. The molecule has 0 aliphatic rings. The quantitative estimate of drug-likeness (QED) is 0.826. The molecule has 0 atom stereocenters. The summed E-state index contributed by atoms with van der Waals surface area (Å²) in [5.74, 6) is -0.00741. The van der Waals surface area contributed by atoms with Crippen molar-refractivity contribution in [2.75, 3.05) is 5.73 Å². The van der Waals surface area contributed by atoms with Crippen LogP contribution in [0.2, 0.25) is 0 Å². The Hall–Kier alpha value is -0.620. The number of sulfone groups is 1. The van der Waals surface area contributed by atoms with Crippen LogP contribution in [0.1, 0.15) is 18.9 Å². The summed E-state index contributed by atoms with van der Waals surface area (Å²) in [7, 11) is -3.05. The van der Waals surface area contributed by atoms with Gasteiger partial charge in [-0.15, -0.1) is 11.3 Å². The third-order valence-electron chi connectivity index (χ3n) is 1.61. The number of aromatic nitrogens is 1. The molecular weight excluding hydrogens is 208 g/mol. The predicted octanol–water partition coefficient (Wildman–Crippen LogP) is 1.05. The van der Waals surface area contributed by atoms with E-state index in [1.54, 1.807) is 13.8 Å². The molecule has 0 aromatic carbocycles. The summed E-state index contributed by atoms with van der Waals surface area (Å²) >= 11 is 1.22. The Balaban J connectivity index is 2.81. The molecule has 6 heteroatoms. The summed E-state index contributed by atoms with van der Waals surface area (Å²) in [4.78, 5) is 3.90. The molecule has 1 rings (SSSR count). The molecule has 0 unspecified atom stereocenters. The average Bonchev–Trinajstić information content (AvgIpc) is 2.34. The van der Waals surface area contributed by atoms with Gasteiger partial charge in [0.2, 0.25) is 0 Å². The van der Waals surface area contributed by atoms with Crippen molar-refractivity contribution in [2.24, 2.45) is 0 Å². The largest absolute Gasteiger partial charge is 0.389 e. The van der Waals surface area contributed by atoms with Crippen molar-refractivity contribution < 1.29 is 8.42 Å². The molecular formula is C7H12N2O2S2. The molecule has 0 aliphatic heterocycles. The summed E-state index contributed by atoms with van der Waals surface area (Å²) in [5, 5.41) is 0.748. The summed E-state index contributed by atoms with van der Waals surface area (Å²) in [6, 6.07) is 0. The predicted molar refractivity (Wildman–Crippen MR) is 54.3 cm³/mol. The highest BCUT2D eigenvalue weighted by atomic mass is 32.2. The number of nitrogen functional groups attached to an aromatic ring is 1. The second kappa shape index (κ2) is 3.63. The number of anilines is 1. The lowest BCUT2D eigenvalue weighted by atomic mass is 10.6. The van der Waals surface area contributed by atoms with Crippen LogP contribution in [-0.4, -0.2) is 18.7 Å². The summed E-state index contributed by atoms with van der Waals surface area (Å²) in [6.07, 6.45) is 1.48. The highest BCUT2D eigenvalue weighted by Crippen LogP contribution is 2.18. The van der Waals surface area contributed by atoms with Gasteiger partial charge in [0.05, 0.1) is 11.4 Å². The van der Waals surface area contributed by atoms with Crippen LogP contribution in [-0.2, 0) is 15.6 Å². The molecule has 74 valence electrons. The smallest absolute Gasteiger partial charge is 0.159 e. The van der Waals surface area contributed by atoms with Gasteiger partial charge in [-0.3, -0.25) is 0 Å². The maximum Gasteiger partial charge on any atom is 0.159 e. The van der Waals surface area contributed by atoms with Crippen LogP contribution < -0.4 is 5.73 Å². The van der Waals surface area contributed by atoms with Crippen molar-refractivity contribution in [3.8, 4) is 0 Å². The van der Waals surface area contributed by atoms with E-state index in [0.717, 1.165) is 0 Å². The van der Waals surface area contributed by atoms with E-state index in [1.807, 2.05) is 0 Å². The van der Waals surface area contributed by atoms with Crippen LogP contribution >= 0.6 is 11.3 Å². The first-order chi connectivity index (χ1) is 5.92. The third-order valence-corrected chi connectivity index (χ3v) is 4.74. The first-order valence-corrected chi connectivity index (χ1v) is 6.37. The second-order valence-electron chi connectivity index (χ2n) is 3.01. The van der Waals surface area contributed by atoms with Crippen molar-refractivity contribution in [1.82, 2.24) is 4.98 Å². The zero-order chi connectivity index (χ0) is 10.1. The van der Waals surface area contributed by atoms with Gasteiger partial charge in [0.15, 0.2) is 9.84 Å². The standard InChI is InChI=1S/C7H12N2O2S2/c1-5(2)13(10,11)4-7-9-3-6(8)12-7/h3,5H,4,8H2,1-2H3. The minimum absolute atomic E-state index is 0.00741. The Bertz CT molecular complexity index is 381. The van der Waals surface area contributed by atoms with E-state index < -0.39 is 9.84 Å². The molecule has 4 nitrogen and oxygen atoms in total. The number of nitrogens with zero attached hydrogens (tertiary/aromatic N) is 1. The summed E-state index contributed by atoms with van der Waals surface area (Å²) in [5.41, 5.74) is 5.43. The number of hydrogen-bond acceptors (Lipinski definition) is 5. The van der Waals surface area contributed by atoms with Crippen LogP contribution in [0.15, 0.2) is 6.20 Å². The van der Waals surface area contributed by atoms with Crippen molar-refractivity contribution in [1.29, 1.82) is 0 Å². The third kappa shape index (κ3) is 2.67. The zero-order valence-corrected chi connectivity index (χ0v) is 9.15. The number of thiazole rings is 1. The van der Waals surface area contributed by atoms with Gasteiger partial charge < -0.3 is 5.73 Å². The molecule has 0 spiro atoms. The van der Waals surface area contributed by atoms with Crippen LogP contribution in [0.4, 0.5) is 5.00 Å². The lowest BCUT2D eigenvalue weighted by Crippen LogP contribution is -2.15. The van der Waals surface area contributed by atoms with Crippen molar-refractivity contribution in [3.05, 3.63) is 11.2 Å². The molecule has 0 fully saturated rings. The molecule has 0 aliphatic carbocycles. The molecule has 2 N–H and O–H groups in total. The van der Waals surface area contributed by atoms with Gasteiger partial charge in [-0.1, -0.05) is 0 Å². The highest BCUT2D eigenvalue weighted by molar-refractivity contribution is 7.91. The van der Waals surface area contributed by atoms with Crippen molar-refractivity contribution >= 4 is 26.2 Å². The van der Waals surface area contributed by atoms with E-state index in [0.29, 0.717) is 10.0 Å². The summed E-state index contributed by atoms with van der Waals surface area (Å²) in [6.45, 7) is 3.32. The van der Waals surface area contributed by atoms with E-state index in [1.165, 1.54) is 17.5 Å². The average molecular weight is 220 g/mol. The number of nitrogens with two attached hydrogens (primary N) is 1. The fourth-order valence-corrected chi connectivity index (χ4v) is 2.69. The highest BCUT2D eigenvalue weighted by Gasteiger charge is 2.18. The maximum absolute atomic E-state index is 11.4. The van der Waals surface area contributed by atoms with Gasteiger partial charge in [-0.25, -0.2) is 13.4 Å². The van der Waals surface area contributed by atoms with Crippen LogP contribution in [0.5, 0.6) is 0 Å². The monoisotopic (exact) mass is 220 g/mol. The maximum atomic E-state index is 11.4. The fourth-order valence-electron chi connectivity index (χ4n) is 0.730. The van der Waals surface area contributed by atoms with Crippen molar-refractivity contribution in [3.63, 3.8) is 0 Å². The lowest BCUT2D eigenvalue weighted by Gasteiger charge is -2.04. The van der Waals surface area contributed by atoms with Gasteiger partial charge in [0.25, 0.3) is 0 Å². The first-order valence-electron chi connectivity index (χ1n) is 3.83. The van der Waals surface area contributed by atoms with E-state index in [4.69, 9.17) is 5.73 Å². The minimum Gasteiger partial charge on any atom is -0.389 e. The Morgan fingerprint density at radius 3 is 2.62 bits per heavy atom. The Kier molecular flexibility index (Phi) is 2.92. The van der Waals surface area contributed by atoms with Crippen LogP contribution in [0.3, 0.4) is 0 Å². The van der Waals surface area contributed by atoms with Gasteiger partial charge >= 0.3 is 0 Å². The van der Waals surface area contributed by atoms with Gasteiger partial charge in [0.1, 0.15) is 15.8 Å². The second-order valence-corrected chi connectivity index (χ2v) is 6.72. The molecule has 0 bridgehead atoms. The van der Waals surface area contributed by atoms with E-state index >= 15 is 0 Å². The van der Waals surface area contributed by atoms with Crippen LogP contribution in [0.25, 0.3) is 0 Å². The number of hydrogen-bond donors (Lipinski definition) is 1. The Labute approximate surface area is 81.7 Å². The molecule has 0 saturated heterocycles. The van der Waals surface area contributed by atoms with E-state index in [9.17, 15) is 8.42 Å². The molecule has 0 radical (unpaired) electrons. The topological polar surface area (TPSA) is 73.0 Å². The lowest BCUT2D eigenvalue weighted by molar-refractivity contribution is 0.586. The first kappa shape index (κ1) is 10.5. The van der Waals surface area contributed by atoms with Crippen molar-refractivity contribution in [2.45, 2.75) is 24.9 Å². The molecule has 0 amide bonds. The molecule has 1 aromatic rings. The molecule has 1 aromatic heterocycles. The zero-order valence-electron chi connectivity index (χ0n) is 7.52. The van der Waals surface area contributed by atoms with E-state index in [-0.39, 0.29) is 11.0 Å². The molecule has 1 heterocycles. The van der Waals surface area contributed by atoms with E-state index in [2.05, 4.69) is 4.98 Å². The van der Waals surface area contributed by atoms with Crippen LogP contribution in [0, 0.1) is 0 Å². The minimum atomic E-state index is -3.05.